The predicted molar refractivity (Wildman–Crippen MR) is 73.2 cm³/mol. The van der Waals surface area contributed by atoms with Gasteiger partial charge in [-0.05, 0) is 28.1 Å². The Morgan fingerprint density at radius 2 is 1.65 bits per heavy atom. The molecule has 0 aliphatic heterocycles. The molecule has 106 valence electrons. The highest BCUT2D eigenvalue weighted by molar-refractivity contribution is 9.10. The van der Waals surface area contributed by atoms with Gasteiger partial charge in [0.15, 0.2) is 0 Å². The molecule has 1 atom stereocenters. The summed E-state index contributed by atoms with van der Waals surface area (Å²) in [6, 6.07) is 9.84. The van der Waals surface area contributed by atoms with Gasteiger partial charge in [-0.3, -0.25) is 0 Å². The van der Waals surface area contributed by atoms with Crippen LogP contribution in [0.25, 0.3) is 0 Å². The zero-order chi connectivity index (χ0) is 14.7. The molecule has 0 aliphatic carbocycles. The van der Waals surface area contributed by atoms with Crippen molar-refractivity contribution in [1.29, 1.82) is 0 Å². The Morgan fingerprint density at radius 1 is 1.00 bits per heavy atom. The third kappa shape index (κ3) is 3.13. The lowest BCUT2D eigenvalue weighted by Crippen LogP contribution is -2.16. The molecule has 0 radical (unpaired) electrons. The zero-order valence-corrected chi connectivity index (χ0v) is 11.8. The van der Waals surface area contributed by atoms with E-state index < -0.39 is 18.5 Å². The SMILES string of the molecule is NC(c1ccccc1OC(F)F)c1cccc(Br)c1F. The van der Waals surface area contributed by atoms with Crippen molar-refractivity contribution in [3.63, 3.8) is 0 Å². The lowest BCUT2D eigenvalue weighted by atomic mass is 9.98. The summed E-state index contributed by atoms with van der Waals surface area (Å²) in [5.41, 5.74) is 6.47. The minimum Gasteiger partial charge on any atom is -0.434 e. The number of hydrogen-bond donors (Lipinski definition) is 1. The first-order valence-corrected chi connectivity index (χ1v) is 6.53. The molecule has 0 amide bonds. The molecule has 0 aromatic heterocycles. The number of para-hydroxylation sites is 1. The monoisotopic (exact) mass is 345 g/mol. The van der Waals surface area contributed by atoms with E-state index in [1.165, 1.54) is 24.3 Å². The third-order valence-corrected chi connectivity index (χ3v) is 3.40. The molecule has 2 N–H and O–H groups in total. The average molecular weight is 346 g/mol. The summed E-state index contributed by atoms with van der Waals surface area (Å²) < 4.78 is 43.4. The molecule has 0 saturated carbocycles. The molecule has 0 aliphatic rings. The molecule has 2 nitrogen and oxygen atoms in total. The quantitative estimate of drug-likeness (QED) is 0.899. The standard InChI is InChI=1S/C14H11BrF3NO/c15-10-6-3-5-9(12(10)16)13(19)8-4-1-2-7-11(8)20-14(17)18/h1-7,13-14H,19H2. The van der Waals surface area contributed by atoms with Crippen LogP contribution in [-0.2, 0) is 0 Å². The van der Waals surface area contributed by atoms with E-state index in [-0.39, 0.29) is 15.8 Å². The Bertz CT molecular complexity index is 607. The number of halogens is 4. The van der Waals surface area contributed by atoms with Crippen LogP contribution in [0.1, 0.15) is 17.2 Å². The first-order valence-electron chi connectivity index (χ1n) is 5.74. The molecule has 2 aromatic rings. The summed E-state index contributed by atoms with van der Waals surface area (Å²) >= 11 is 3.06. The maximum absolute atomic E-state index is 14.0. The second kappa shape index (κ2) is 6.28. The van der Waals surface area contributed by atoms with E-state index in [9.17, 15) is 13.2 Å². The number of nitrogens with two attached hydrogens (primary N) is 1. The normalized spacial score (nSPS) is 12.5. The number of rotatable bonds is 4. The molecular weight excluding hydrogens is 335 g/mol. The van der Waals surface area contributed by atoms with Gasteiger partial charge in [-0.2, -0.15) is 8.78 Å². The van der Waals surface area contributed by atoms with Crippen molar-refractivity contribution in [2.75, 3.05) is 0 Å². The van der Waals surface area contributed by atoms with Crippen LogP contribution in [0.15, 0.2) is 46.9 Å². The van der Waals surface area contributed by atoms with Crippen LogP contribution >= 0.6 is 15.9 Å². The lowest BCUT2D eigenvalue weighted by molar-refractivity contribution is -0.0505. The first kappa shape index (κ1) is 14.9. The van der Waals surface area contributed by atoms with E-state index in [2.05, 4.69) is 20.7 Å². The minimum absolute atomic E-state index is 0.0608. The molecule has 2 aromatic carbocycles. The molecule has 0 heterocycles. The molecule has 0 saturated heterocycles. The second-order valence-electron chi connectivity index (χ2n) is 4.04. The number of alkyl halides is 2. The van der Waals surface area contributed by atoms with E-state index in [0.29, 0.717) is 5.56 Å². The van der Waals surface area contributed by atoms with Crippen LogP contribution in [0.4, 0.5) is 13.2 Å². The van der Waals surface area contributed by atoms with Crippen LogP contribution in [0, 0.1) is 5.82 Å². The highest BCUT2D eigenvalue weighted by atomic mass is 79.9. The van der Waals surface area contributed by atoms with Gasteiger partial charge in [0, 0.05) is 11.1 Å². The van der Waals surface area contributed by atoms with Crippen LogP contribution < -0.4 is 10.5 Å². The van der Waals surface area contributed by atoms with Gasteiger partial charge < -0.3 is 10.5 Å². The number of benzene rings is 2. The summed E-state index contributed by atoms with van der Waals surface area (Å²) in [6.45, 7) is -2.96. The third-order valence-electron chi connectivity index (χ3n) is 2.79. The highest BCUT2D eigenvalue weighted by Crippen LogP contribution is 2.32. The van der Waals surface area contributed by atoms with Gasteiger partial charge in [0.25, 0.3) is 0 Å². The molecular formula is C14H11BrF3NO. The summed E-state index contributed by atoms with van der Waals surface area (Å²) in [5.74, 6) is -0.582. The molecule has 20 heavy (non-hydrogen) atoms. The smallest absolute Gasteiger partial charge is 0.387 e. The van der Waals surface area contributed by atoms with Crippen LogP contribution in [0.5, 0.6) is 5.75 Å². The van der Waals surface area contributed by atoms with Crippen molar-refractivity contribution in [3.8, 4) is 5.75 Å². The molecule has 1 unspecified atom stereocenters. The largest absolute Gasteiger partial charge is 0.434 e. The predicted octanol–water partition coefficient (Wildman–Crippen LogP) is 4.24. The van der Waals surface area contributed by atoms with Crippen molar-refractivity contribution in [1.82, 2.24) is 0 Å². The second-order valence-corrected chi connectivity index (χ2v) is 4.89. The molecule has 0 bridgehead atoms. The van der Waals surface area contributed by atoms with Gasteiger partial charge in [0.05, 0.1) is 10.5 Å². The Kier molecular flexibility index (Phi) is 4.67. The summed E-state index contributed by atoms with van der Waals surface area (Å²) in [7, 11) is 0. The van der Waals surface area contributed by atoms with Crippen molar-refractivity contribution in [2.24, 2.45) is 5.73 Å². The number of hydrogen-bond acceptors (Lipinski definition) is 2. The maximum Gasteiger partial charge on any atom is 0.387 e. The summed E-state index contributed by atoms with van der Waals surface area (Å²) in [5, 5.41) is 0. The van der Waals surface area contributed by atoms with Crippen molar-refractivity contribution in [2.45, 2.75) is 12.7 Å². The van der Waals surface area contributed by atoms with E-state index in [1.807, 2.05) is 0 Å². The van der Waals surface area contributed by atoms with Crippen molar-refractivity contribution in [3.05, 3.63) is 63.9 Å². The van der Waals surface area contributed by atoms with Crippen LogP contribution in [-0.4, -0.2) is 6.61 Å². The number of ether oxygens (including phenoxy) is 1. The lowest BCUT2D eigenvalue weighted by Gasteiger charge is -2.17. The summed E-state index contributed by atoms with van der Waals surface area (Å²) in [4.78, 5) is 0. The molecule has 0 spiro atoms. The molecule has 2 rings (SSSR count). The van der Waals surface area contributed by atoms with Crippen molar-refractivity contribution >= 4 is 15.9 Å². The maximum atomic E-state index is 14.0. The van der Waals surface area contributed by atoms with Crippen LogP contribution in [0.3, 0.4) is 0 Å². The zero-order valence-electron chi connectivity index (χ0n) is 10.2. The van der Waals surface area contributed by atoms with Gasteiger partial charge in [-0.1, -0.05) is 30.3 Å². The fourth-order valence-electron chi connectivity index (χ4n) is 1.87. The molecule has 0 fully saturated rings. The van der Waals surface area contributed by atoms with Crippen LogP contribution in [0.2, 0.25) is 0 Å². The van der Waals surface area contributed by atoms with E-state index in [0.717, 1.165) is 0 Å². The fourth-order valence-corrected chi connectivity index (χ4v) is 2.25. The fraction of sp³-hybridized carbons (Fsp3) is 0.143. The van der Waals surface area contributed by atoms with Gasteiger partial charge in [-0.25, -0.2) is 4.39 Å². The minimum atomic E-state index is -2.96. The Morgan fingerprint density at radius 3 is 2.35 bits per heavy atom. The Balaban J connectivity index is 2.43. The Hall–Kier alpha value is -1.53. The topological polar surface area (TPSA) is 35.2 Å². The van der Waals surface area contributed by atoms with Crippen molar-refractivity contribution < 1.29 is 17.9 Å². The highest BCUT2D eigenvalue weighted by Gasteiger charge is 2.20. The summed E-state index contributed by atoms with van der Waals surface area (Å²) in [6.07, 6.45) is 0. The van der Waals surface area contributed by atoms with E-state index in [1.54, 1.807) is 18.2 Å². The van der Waals surface area contributed by atoms with E-state index in [4.69, 9.17) is 5.73 Å². The van der Waals surface area contributed by atoms with Gasteiger partial charge >= 0.3 is 6.61 Å². The first-order chi connectivity index (χ1) is 9.50. The Labute approximate surface area is 122 Å². The van der Waals surface area contributed by atoms with Gasteiger partial charge in [-0.15, -0.1) is 0 Å². The van der Waals surface area contributed by atoms with E-state index >= 15 is 0 Å². The van der Waals surface area contributed by atoms with Gasteiger partial charge in [0.2, 0.25) is 0 Å². The molecule has 6 heteroatoms. The average Bonchev–Trinajstić information content (AvgIpc) is 2.41. The van der Waals surface area contributed by atoms with Gasteiger partial charge in [0.1, 0.15) is 11.6 Å².